The molecule has 1 atom stereocenters. The van der Waals surface area contributed by atoms with Crippen LogP contribution in [0.3, 0.4) is 0 Å². The fourth-order valence-electron chi connectivity index (χ4n) is 3.08. The number of benzene rings is 2. The fraction of sp³-hybridized carbons (Fsp3) is 0.350. The first-order valence-corrected chi connectivity index (χ1v) is 9.57. The number of halogens is 2. The van der Waals surface area contributed by atoms with Crippen LogP contribution in [0.2, 0.25) is 10.0 Å². The molecule has 1 aliphatic heterocycles. The van der Waals surface area contributed by atoms with Gasteiger partial charge in [-0.2, -0.15) is 0 Å². The van der Waals surface area contributed by atoms with Crippen molar-refractivity contribution in [2.45, 2.75) is 25.5 Å². The Morgan fingerprint density at radius 3 is 2.81 bits per heavy atom. The molecule has 1 fully saturated rings. The Balaban J connectivity index is 1.78. The number of carbonyl (C=O) groups excluding carboxylic acids is 1. The van der Waals surface area contributed by atoms with Crippen molar-refractivity contribution in [3.63, 3.8) is 0 Å². The van der Waals surface area contributed by atoms with Crippen LogP contribution in [-0.4, -0.2) is 37.3 Å². The highest BCUT2D eigenvalue weighted by molar-refractivity contribution is 6.36. The van der Waals surface area contributed by atoms with Crippen molar-refractivity contribution < 1.29 is 14.3 Å². The Bertz CT molecular complexity index is 795. The zero-order valence-electron chi connectivity index (χ0n) is 15.1. The van der Waals surface area contributed by atoms with Gasteiger partial charge in [0.1, 0.15) is 5.75 Å². The number of amides is 2. The summed E-state index contributed by atoms with van der Waals surface area (Å²) in [5, 5.41) is 3.78. The third kappa shape index (κ3) is 5.28. The van der Waals surface area contributed by atoms with Gasteiger partial charge in [-0.25, -0.2) is 4.79 Å². The first-order valence-electron chi connectivity index (χ1n) is 8.81. The molecule has 144 valence electrons. The first kappa shape index (κ1) is 19.8. The molecule has 1 aliphatic rings. The number of urea groups is 1. The summed E-state index contributed by atoms with van der Waals surface area (Å²) in [6, 6.07) is 12.4. The second-order valence-corrected chi connectivity index (χ2v) is 7.23. The highest BCUT2D eigenvalue weighted by atomic mass is 35.5. The van der Waals surface area contributed by atoms with Crippen molar-refractivity contribution in [3.8, 4) is 5.75 Å². The molecule has 1 unspecified atom stereocenters. The van der Waals surface area contributed by atoms with E-state index in [4.69, 9.17) is 32.7 Å². The number of nitrogens with zero attached hydrogens (tertiary/aromatic N) is 1. The van der Waals surface area contributed by atoms with Crippen molar-refractivity contribution in [1.29, 1.82) is 0 Å². The molecule has 0 saturated carbocycles. The lowest BCUT2D eigenvalue weighted by molar-refractivity contribution is 0.0817. The van der Waals surface area contributed by atoms with Gasteiger partial charge in [-0.15, -0.1) is 0 Å². The fourth-order valence-corrected chi connectivity index (χ4v) is 3.53. The standard InChI is InChI=1S/C20H22Cl2N2O3/c1-26-19-7-3-2-5-14(19)12-24(13-16-6-4-10-27-16)20(25)23-18-9-8-15(21)11-17(18)22/h2-3,5,7-9,11,16H,4,6,10,12-13H2,1H3,(H,23,25). The lowest BCUT2D eigenvalue weighted by atomic mass is 10.1. The topological polar surface area (TPSA) is 50.8 Å². The molecule has 7 heteroatoms. The molecule has 1 heterocycles. The van der Waals surface area contributed by atoms with Gasteiger partial charge < -0.3 is 19.7 Å². The predicted octanol–water partition coefficient (Wildman–Crippen LogP) is 5.22. The number of carbonyl (C=O) groups is 1. The lowest BCUT2D eigenvalue weighted by Gasteiger charge is -2.26. The summed E-state index contributed by atoms with van der Waals surface area (Å²) in [5.74, 6) is 0.743. The number of hydrogen-bond acceptors (Lipinski definition) is 3. The average Bonchev–Trinajstić information content (AvgIpc) is 3.17. The Morgan fingerprint density at radius 2 is 2.11 bits per heavy atom. The van der Waals surface area contributed by atoms with E-state index in [1.54, 1.807) is 30.2 Å². The van der Waals surface area contributed by atoms with Crippen LogP contribution in [0.4, 0.5) is 10.5 Å². The largest absolute Gasteiger partial charge is 0.496 e. The molecular weight excluding hydrogens is 387 g/mol. The SMILES string of the molecule is COc1ccccc1CN(CC1CCCO1)C(=O)Nc1ccc(Cl)cc1Cl. The smallest absolute Gasteiger partial charge is 0.322 e. The van der Waals surface area contributed by atoms with E-state index in [2.05, 4.69) is 5.32 Å². The number of hydrogen-bond donors (Lipinski definition) is 1. The second-order valence-electron chi connectivity index (χ2n) is 6.38. The van der Waals surface area contributed by atoms with Gasteiger partial charge in [0, 0.05) is 23.7 Å². The van der Waals surface area contributed by atoms with E-state index in [1.165, 1.54) is 0 Å². The summed E-state index contributed by atoms with van der Waals surface area (Å²) in [6.45, 7) is 1.63. The lowest BCUT2D eigenvalue weighted by Crippen LogP contribution is -2.39. The zero-order chi connectivity index (χ0) is 19.2. The van der Waals surface area contributed by atoms with E-state index in [0.717, 1.165) is 30.8 Å². The van der Waals surface area contributed by atoms with Crippen molar-refractivity contribution >= 4 is 34.9 Å². The minimum Gasteiger partial charge on any atom is -0.496 e. The van der Waals surface area contributed by atoms with Gasteiger partial charge in [0.05, 0.1) is 30.5 Å². The quantitative estimate of drug-likeness (QED) is 0.712. The molecule has 2 aromatic carbocycles. The molecule has 1 saturated heterocycles. The van der Waals surface area contributed by atoms with Crippen molar-refractivity contribution in [3.05, 3.63) is 58.1 Å². The number of anilines is 1. The molecule has 0 aromatic heterocycles. The van der Waals surface area contributed by atoms with Crippen LogP contribution in [0, 0.1) is 0 Å². The van der Waals surface area contributed by atoms with Gasteiger partial charge in [0.2, 0.25) is 0 Å². The number of ether oxygens (including phenoxy) is 2. The van der Waals surface area contributed by atoms with Gasteiger partial charge in [0.15, 0.2) is 0 Å². The maximum atomic E-state index is 13.0. The number of nitrogens with one attached hydrogen (secondary N) is 1. The molecule has 0 aliphatic carbocycles. The van der Waals surface area contributed by atoms with E-state index in [-0.39, 0.29) is 12.1 Å². The van der Waals surface area contributed by atoms with E-state index < -0.39 is 0 Å². The van der Waals surface area contributed by atoms with Crippen molar-refractivity contribution in [1.82, 2.24) is 4.90 Å². The third-order valence-corrected chi connectivity index (χ3v) is 5.01. The van der Waals surface area contributed by atoms with Crippen LogP contribution >= 0.6 is 23.2 Å². The summed E-state index contributed by atoms with van der Waals surface area (Å²) in [4.78, 5) is 14.7. The molecule has 2 amide bonds. The summed E-state index contributed by atoms with van der Waals surface area (Å²) < 4.78 is 11.1. The molecule has 27 heavy (non-hydrogen) atoms. The maximum Gasteiger partial charge on any atom is 0.322 e. The molecule has 0 bridgehead atoms. The van der Waals surface area contributed by atoms with E-state index >= 15 is 0 Å². The minimum atomic E-state index is -0.249. The molecule has 0 radical (unpaired) electrons. The minimum absolute atomic E-state index is 0.0335. The Labute approximate surface area is 169 Å². The predicted molar refractivity (Wildman–Crippen MR) is 108 cm³/mol. The summed E-state index contributed by atoms with van der Waals surface area (Å²) in [6.07, 6.45) is 1.99. The van der Waals surface area contributed by atoms with E-state index in [1.807, 2.05) is 24.3 Å². The number of methoxy groups -OCH3 is 1. The Kier molecular flexibility index (Phi) is 6.83. The Hall–Kier alpha value is -1.95. The molecule has 1 N–H and O–H groups in total. The van der Waals surface area contributed by atoms with Gasteiger partial charge in [-0.1, -0.05) is 41.4 Å². The molecule has 0 spiro atoms. The van der Waals surface area contributed by atoms with Crippen LogP contribution in [0.5, 0.6) is 5.75 Å². The van der Waals surface area contributed by atoms with Gasteiger partial charge in [-0.05, 0) is 37.1 Å². The third-order valence-electron chi connectivity index (χ3n) is 4.46. The number of para-hydroxylation sites is 1. The first-order chi connectivity index (χ1) is 13.1. The molecule has 3 rings (SSSR count). The van der Waals surface area contributed by atoms with Crippen molar-refractivity contribution in [2.24, 2.45) is 0 Å². The monoisotopic (exact) mass is 408 g/mol. The normalized spacial score (nSPS) is 16.2. The molecule has 2 aromatic rings. The summed E-state index contributed by atoms with van der Waals surface area (Å²) in [5.41, 5.74) is 1.44. The zero-order valence-corrected chi connectivity index (χ0v) is 16.6. The highest BCUT2D eigenvalue weighted by Crippen LogP contribution is 2.27. The van der Waals surface area contributed by atoms with Gasteiger partial charge in [-0.3, -0.25) is 0 Å². The molecular formula is C20H22Cl2N2O3. The summed E-state index contributed by atoms with van der Waals surface area (Å²) in [7, 11) is 1.62. The van der Waals surface area contributed by atoms with Crippen LogP contribution in [-0.2, 0) is 11.3 Å². The average molecular weight is 409 g/mol. The van der Waals surface area contributed by atoms with Crippen LogP contribution in [0.15, 0.2) is 42.5 Å². The van der Waals surface area contributed by atoms with Gasteiger partial charge >= 0.3 is 6.03 Å². The van der Waals surface area contributed by atoms with Crippen LogP contribution < -0.4 is 10.1 Å². The van der Waals surface area contributed by atoms with Crippen LogP contribution in [0.1, 0.15) is 18.4 Å². The Morgan fingerprint density at radius 1 is 1.30 bits per heavy atom. The second kappa shape index (κ2) is 9.31. The van der Waals surface area contributed by atoms with Crippen molar-refractivity contribution in [2.75, 3.05) is 25.6 Å². The number of rotatable bonds is 6. The maximum absolute atomic E-state index is 13.0. The van der Waals surface area contributed by atoms with E-state index in [0.29, 0.717) is 28.8 Å². The highest BCUT2D eigenvalue weighted by Gasteiger charge is 2.24. The summed E-state index contributed by atoms with van der Waals surface area (Å²) >= 11 is 12.1. The van der Waals surface area contributed by atoms with Crippen LogP contribution in [0.25, 0.3) is 0 Å². The van der Waals surface area contributed by atoms with Gasteiger partial charge in [0.25, 0.3) is 0 Å². The van der Waals surface area contributed by atoms with E-state index in [9.17, 15) is 4.79 Å². The molecule has 5 nitrogen and oxygen atoms in total.